The summed E-state index contributed by atoms with van der Waals surface area (Å²) < 4.78 is 16.1. The number of rotatable bonds is 6. The number of aliphatic hydroxyl groups excluding tert-OH is 1. The van der Waals surface area contributed by atoms with Gasteiger partial charge in [-0.15, -0.1) is 11.3 Å². The first-order valence-electron chi connectivity index (χ1n) is 8.67. The van der Waals surface area contributed by atoms with E-state index in [-0.39, 0.29) is 5.57 Å². The number of carbonyl (C=O) groups excluding carboxylic acids is 2. The summed E-state index contributed by atoms with van der Waals surface area (Å²) in [6.07, 6.45) is 1.45. The van der Waals surface area contributed by atoms with Crippen molar-refractivity contribution >= 4 is 28.7 Å². The molecule has 1 N–H and O–H groups in total. The quantitative estimate of drug-likeness (QED) is 0.613. The predicted octanol–water partition coefficient (Wildman–Crippen LogP) is 4.14. The maximum atomic E-state index is 13.1. The van der Waals surface area contributed by atoms with Crippen LogP contribution in [-0.4, -0.2) is 31.0 Å². The maximum absolute atomic E-state index is 13.1. The van der Waals surface area contributed by atoms with Crippen LogP contribution in [-0.2, 0) is 4.79 Å². The van der Waals surface area contributed by atoms with Crippen molar-refractivity contribution in [3.05, 3.63) is 76.1 Å². The van der Waals surface area contributed by atoms with Crippen LogP contribution in [0.1, 0.15) is 21.5 Å². The van der Waals surface area contributed by atoms with Gasteiger partial charge in [-0.25, -0.2) is 0 Å². The third-order valence-corrected chi connectivity index (χ3v) is 5.52. The van der Waals surface area contributed by atoms with Gasteiger partial charge < -0.3 is 19.0 Å². The van der Waals surface area contributed by atoms with Gasteiger partial charge in [-0.3, -0.25) is 14.5 Å². The highest BCUT2D eigenvalue weighted by molar-refractivity contribution is 7.12. The minimum Gasteiger partial charge on any atom is -0.503 e. The zero-order valence-corrected chi connectivity index (χ0v) is 16.4. The van der Waals surface area contributed by atoms with Crippen LogP contribution in [0.3, 0.4) is 0 Å². The maximum Gasteiger partial charge on any atom is 0.294 e. The van der Waals surface area contributed by atoms with Gasteiger partial charge in [-0.2, -0.15) is 0 Å². The normalized spacial score (nSPS) is 16.4. The van der Waals surface area contributed by atoms with E-state index in [1.165, 1.54) is 36.7 Å². The van der Waals surface area contributed by atoms with Gasteiger partial charge in [-0.05, 0) is 35.7 Å². The first-order valence-corrected chi connectivity index (χ1v) is 9.55. The summed E-state index contributed by atoms with van der Waals surface area (Å²) in [5.41, 5.74) is 0.400. The van der Waals surface area contributed by atoms with Crippen LogP contribution in [0, 0.1) is 0 Å². The molecule has 3 aromatic rings. The van der Waals surface area contributed by atoms with Gasteiger partial charge in [-0.1, -0.05) is 6.07 Å². The van der Waals surface area contributed by atoms with Crippen LogP contribution in [0.15, 0.2) is 69.9 Å². The van der Waals surface area contributed by atoms with E-state index in [1.807, 2.05) is 0 Å². The zero-order chi connectivity index (χ0) is 20.5. The Hall–Kier alpha value is -3.52. The highest BCUT2D eigenvalue weighted by atomic mass is 32.1. The molecular formula is C21H17NO6S. The second-order valence-electron chi connectivity index (χ2n) is 6.20. The molecule has 0 fully saturated rings. The molecule has 1 unspecified atom stereocenters. The second-order valence-corrected chi connectivity index (χ2v) is 7.15. The van der Waals surface area contributed by atoms with Gasteiger partial charge >= 0.3 is 0 Å². The number of hydrogen-bond acceptors (Lipinski definition) is 7. The van der Waals surface area contributed by atoms with Gasteiger partial charge in [0.25, 0.3) is 5.91 Å². The lowest BCUT2D eigenvalue weighted by Gasteiger charge is -2.25. The lowest BCUT2D eigenvalue weighted by molar-refractivity contribution is -0.117. The first kappa shape index (κ1) is 18.8. The van der Waals surface area contributed by atoms with Crippen molar-refractivity contribution in [3.63, 3.8) is 0 Å². The molecule has 0 aliphatic carbocycles. The fourth-order valence-electron chi connectivity index (χ4n) is 3.33. The number of nitrogens with zero attached hydrogens (tertiary/aromatic N) is 1. The molecule has 3 heterocycles. The fraction of sp³-hybridized carbons (Fsp3) is 0.143. The van der Waals surface area contributed by atoms with E-state index in [0.717, 1.165) is 0 Å². The van der Waals surface area contributed by atoms with Crippen LogP contribution < -0.4 is 14.4 Å². The Balaban J connectivity index is 1.85. The van der Waals surface area contributed by atoms with Crippen molar-refractivity contribution in [3.8, 4) is 11.5 Å². The van der Waals surface area contributed by atoms with Crippen molar-refractivity contribution in [2.75, 3.05) is 19.1 Å². The zero-order valence-electron chi connectivity index (χ0n) is 15.6. The van der Waals surface area contributed by atoms with Gasteiger partial charge in [0, 0.05) is 11.8 Å². The van der Waals surface area contributed by atoms with Crippen molar-refractivity contribution < 1.29 is 28.6 Å². The number of hydrogen-bond donors (Lipinski definition) is 1. The Bertz CT molecular complexity index is 1080. The third kappa shape index (κ3) is 3.07. The number of aliphatic hydroxyl groups is 1. The average molecular weight is 411 g/mol. The number of ketones is 1. The molecule has 0 radical (unpaired) electrons. The van der Waals surface area contributed by atoms with Gasteiger partial charge in [0.1, 0.15) is 11.8 Å². The fourth-order valence-corrected chi connectivity index (χ4v) is 4.01. The standard InChI is InChI=1S/C21H17NO6S/c1-26-13-8-7-12(11-15(13)27-2)22-18(14-5-3-9-28-14)17(20(24)21(22)25)19(23)16-6-4-10-29-16/h3-11,18,24H,1-2H3. The summed E-state index contributed by atoms with van der Waals surface area (Å²) in [5.74, 6) is -0.455. The molecule has 4 rings (SSSR count). The third-order valence-electron chi connectivity index (χ3n) is 4.66. The van der Waals surface area contributed by atoms with Crippen LogP contribution in [0.25, 0.3) is 0 Å². The highest BCUT2D eigenvalue weighted by Gasteiger charge is 2.46. The first-order chi connectivity index (χ1) is 14.1. The number of methoxy groups -OCH3 is 2. The Morgan fingerprint density at radius 3 is 2.55 bits per heavy atom. The van der Waals surface area contributed by atoms with Crippen molar-refractivity contribution in [2.24, 2.45) is 0 Å². The number of ether oxygens (including phenoxy) is 2. The van der Waals surface area contributed by atoms with Crippen LogP contribution in [0.2, 0.25) is 0 Å². The second kappa shape index (κ2) is 7.48. The van der Waals surface area contributed by atoms with Gasteiger partial charge in [0.05, 0.1) is 30.9 Å². The molecule has 29 heavy (non-hydrogen) atoms. The number of amides is 1. The molecule has 1 atom stereocenters. The number of anilines is 1. The molecule has 1 aromatic carbocycles. The van der Waals surface area contributed by atoms with E-state index in [1.54, 1.807) is 47.8 Å². The lowest BCUT2D eigenvalue weighted by Crippen LogP contribution is -2.30. The molecule has 2 aromatic heterocycles. The summed E-state index contributed by atoms with van der Waals surface area (Å²) in [6, 6.07) is 10.7. The lowest BCUT2D eigenvalue weighted by atomic mass is 10.00. The predicted molar refractivity (Wildman–Crippen MR) is 107 cm³/mol. The molecule has 0 saturated heterocycles. The highest BCUT2D eigenvalue weighted by Crippen LogP contribution is 2.44. The van der Waals surface area contributed by atoms with Crippen LogP contribution in [0.5, 0.6) is 11.5 Å². The Kier molecular flexibility index (Phi) is 4.85. The molecule has 1 amide bonds. The van der Waals surface area contributed by atoms with E-state index in [4.69, 9.17) is 13.9 Å². The van der Waals surface area contributed by atoms with E-state index >= 15 is 0 Å². The van der Waals surface area contributed by atoms with E-state index < -0.39 is 23.5 Å². The Morgan fingerprint density at radius 2 is 1.93 bits per heavy atom. The number of Topliss-reactive ketones (excluding diaryl/α,β-unsaturated/α-hetero) is 1. The minimum absolute atomic E-state index is 0.0258. The summed E-state index contributed by atoms with van der Waals surface area (Å²) in [5, 5.41) is 12.4. The molecule has 0 spiro atoms. The molecule has 148 valence electrons. The average Bonchev–Trinajstić information content (AvgIpc) is 3.49. The Labute approximate surface area is 170 Å². The largest absolute Gasteiger partial charge is 0.503 e. The smallest absolute Gasteiger partial charge is 0.294 e. The van der Waals surface area contributed by atoms with Crippen LogP contribution >= 0.6 is 11.3 Å². The van der Waals surface area contributed by atoms with E-state index in [0.29, 0.717) is 27.8 Å². The molecule has 7 nitrogen and oxygen atoms in total. The van der Waals surface area contributed by atoms with Gasteiger partial charge in [0.15, 0.2) is 17.3 Å². The molecule has 0 saturated carbocycles. The molecule has 8 heteroatoms. The number of carbonyl (C=O) groups is 2. The molecule has 1 aliphatic heterocycles. The SMILES string of the molecule is COc1ccc(N2C(=O)C(O)=C(C(=O)c3cccs3)C2c2ccco2)cc1OC. The number of furan rings is 1. The number of benzene rings is 1. The summed E-state index contributed by atoms with van der Waals surface area (Å²) in [4.78, 5) is 27.8. The van der Waals surface area contributed by atoms with E-state index in [9.17, 15) is 14.7 Å². The summed E-state index contributed by atoms with van der Waals surface area (Å²) in [6.45, 7) is 0. The topological polar surface area (TPSA) is 89.2 Å². The summed E-state index contributed by atoms with van der Waals surface area (Å²) >= 11 is 1.24. The summed E-state index contributed by atoms with van der Waals surface area (Å²) in [7, 11) is 2.99. The Morgan fingerprint density at radius 1 is 1.14 bits per heavy atom. The van der Waals surface area contributed by atoms with Crippen molar-refractivity contribution in [1.82, 2.24) is 0 Å². The minimum atomic E-state index is -0.912. The molecule has 0 bridgehead atoms. The van der Waals surface area contributed by atoms with E-state index in [2.05, 4.69) is 0 Å². The van der Waals surface area contributed by atoms with Crippen molar-refractivity contribution in [1.29, 1.82) is 0 Å². The van der Waals surface area contributed by atoms with Crippen LogP contribution in [0.4, 0.5) is 5.69 Å². The van der Waals surface area contributed by atoms with Crippen molar-refractivity contribution in [2.45, 2.75) is 6.04 Å². The van der Waals surface area contributed by atoms with Gasteiger partial charge in [0.2, 0.25) is 5.78 Å². The number of thiophene rings is 1. The molecule has 1 aliphatic rings. The molecular weight excluding hydrogens is 394 g/mol. The monoisotopic (exact) mass is 411 g/mol.